The fraction of sp³-hybridized carbons (Fsp3) is 0.556. The van der Waals surface area contributed by atoms with Gasteiger partial charge in [-0.3, -0.25) is 19.7 Å². The van der Waals surface area contributed by atoms with Crippen LogP contribution in [0.15, 0.2) is 24.5 Å². The summed E-state index contributed by atoms with van der Waals surface area (Å²) in [6.07, 6.45) is 3.73. The van der Waals surface area contributed by atoms with E-state index in [2.05, 4.69) is 10.3 Å². The van der Waals surface area contributed by atoms with Crippen LogP contribution in [-0.2, 0) is 14.9 Å². The van der Waals surface area contributed by atoms with Gasteiger partial charge >= 0.3 is 6.09 Å². The molecule has 2 rings (SSSR count). The molecule has 0 fully saturated rings. The van der Waals surface area contributed by atoms with Crippen molar-refractivity contribution < 1.29 is 27.4 Å². The standard InChI is InChI=1S/C18H25N3O7S/c1-11-7-12(13-5-6-19-9-16(13)21(23)24)8-15(14(11)10-29(25,26)27)20-17(22)28-18(2,3)4/h5-6,8-9,11,14-15H,7,10H2,1-4H3,(H,20,22)(H,25,26,27). The van der Waals surface area contributed by atoms with Crippen molar-refractivity contribution in [1.29, 1.82) is 0 Å². The predicted octanol–water partition coefficient (Wildman–Crippen LogP) is 2.81. The molecular formula is C18H25N3O7S. The Hall–Kier alpha value is -2.53. The van der Waals surface area contributed by atoms with E-state index in [-0.39, 0.29) is 11.6 Å². The highest BCUT2D eigenvalue weighted by molar-refractivity contribution is 7.85. The highest BCUT2D eigenvalue weighted by Crippen LogP contribution is 2.38. The van der Waals surface area contributed by atoms with Crippen LogP contribution in [0.1, 0.15) is 39.7 Å². The largest absolute Gasteiger partial charge is 0.444 e. The average Bonchev–Trinajstić information content (AvgIpc) is 2.55. The van der Waals surface area contributed by atoms with Crippen LogP contribution < -0.4 is 5.32 Å². The van der Waals surface area contributed by atoms with E-state index < -0.39 is 44.4 Å². The topological polar surface area (TPSA) is 149 Å². The summed E-state index contributed by atoms with van der Waals surface area (Å²) >= 11 is 0. The number of nitrogens with one attached hydrogen (secondary N) is 1. The molecule has 0 aliphatic heterocycles. The van der Waals surface area contributed by atoms with Crippen LogP contribution in [0.2, 0.25) is 0 Å². The minimum atomic E-state index is -4.30. The Morgan fingerprint density at radius 3 is 2.66 bits per heavy atom. The highest BCUT2D eigenvalue weighted by Gasteiger charge is 2.37. The van der Waals surface area contributed by atoms with E-state index in [0.717, 1.165) is 6.20 Å². The molecule has 1 amide bonds. The van der Waals surface area contributed by atoms with Crippen LogP contribution in [0.25, 0.3) is 5.57 Å². The zero-order valence-electron chi connectivity index (χ0n) is 16.7. The zero-order chi connectivity index (χ0) is 22.0. The molecule has 10 nitrogen and oxygen atoms in total. The molecule has 0 radical (unpaired) electrons. The molecular weight excluding hydrogens is 402 g/mol. The minimum absolute atomic E-state index is 0.185. The number of hydrogen-bond acceptors (Lipinski definition) is 7. The van der Waals surface area contributed by atoms with Crippen molar-refractivity contribution in [3.05, 3.63) is 40.2 Å². The molecule has 160 valence electrons. The van der Waals surface area contributed by atoms with Gasteiger partial charge in [-0.1, -0.05) is 13.0 Å². The molecule has 0 saturated carbocycles. The Balaban J connectivity index is 2.44. The molecule has 0 saturated heterocycles. The van der Waals surface area contributed by atoms with Gasteiger partial charge in [-0.2, -0.15) is 8.42 Å². The van der Waals surface area contributed by atoms with Gasteiger partial charge in [0.25, 0.3) is 15.8 Å². The number of rotatable bonds is 5. The Labute approximate surface area is 169 Å². The maximum absolute atomic E-state index is 12.3. The number of ether oxygens (including phenoxy) is 1. The van der Waals surface area contributed by atoms with Crippen LogP contribution in [0.5, 0.6) is 0 Å². The zero-order valence-corrected chi connectivity index (χ0v) is 17.5. The molecule has 11 heteroatoms. The van der Waals surface area contributed by atoms with Gasteiger partial charge in [-0.05, 0) is 44.7 Å². The lowest BCUT2D eigenvalue weighted by Gasteiger charge is -2.35. The number of hydrogen-bond donors (Lipinski definition) is 2. The number of carbonyl (C=O) groups is 1. The molecule has 3 unspecified atom stereocenters. The van der Waals surface area contributed by atoms with Crippen molar-refractivity contribution in [3.8, 4) is 0 Å². The first-order valence-electron chi connectivity index (χ1n) is 9.01. The monoisotopic (exact) mass is 427 g/mol. The van der Waals surface area contributed by atoms with E-state index in [1.807, 2.05) is 0 Å². The van der Waals surface area contributed by atoms with Crippen molar-refractivity contribution >= 4 is 27.5 Å². The number of nitro groups is 1. The first-order valence-corrected chi connectivity index (χ1v) is 10.6. The van der Waals surface area contributed by atoms with E-state index in [1.54, 1.807) is 33.8 Å². The second-order valence-corrected chi connectivity index (χ2v) is 9.60. The molecule has 1 aliphatic rings. The van der Waals surface area contributed by atoms with Gasteiger partial charge in [0.15, 0.2) is 0 Å². The van der Waals surface area contributed by atoms with E-state index in [1.165, 1.54) is 12.3 Å². The van der Waals surface area contributed by atoms with Crippen molar-refractivity contribution in [1.82, 2.24) is 10.3 Å². The lowest BCUT2D eigenvalue weighted by atomic mass is 9.76. The number of pyridine rings is 1. The van der Waals surface area contributed by atoms with Crippen molar-refractivity contribution in [3.63, 3.8) is 0 Å². The third kappa shape index (κ3) is 6.50. The van der Waals surface area contributed by atoms with Gasteiger partial charge in [-0.25, -0.2) is 4.79 Å². The van der Waals surface area contributed by atoms with Crippen molar-refractivity contribution in [2.45, 2.75) is 45.8 Å². The Morgan fingerprint density at radius 2 is 2.10 bits per heavy atom. The smallest absolute Gasteiger partial charge is 0.408 e. The van der Waals surface area contributed by atoms with Crippen LogP contribution >= 0.6 is 0 Å². The Kier molecular flexibility index (Phi) is 6.63. The summed E-state index contributed by atoms with van der Waals surface area (Å²) in [6.45, 7) is 6.83. The highest BCUT2D eigenvalue weighted by atomic mass is 32.2. The van der Waals surface area contributed by atoms with Gasteiger partial charge < -0.3 is 10.1 Å². The molecule has 0 aromatic carbocycles. The summed E-state index contributed by atoms with van der Waals surface area (Å²) in [7, 11) is -4.30. The third-order valence-corrected chi connectivity index (χ3v) is 5.35. The van der Waals surface area contributed by atoms with E-state index in [4.69, 9.17) is 4.74 Å². The van der Waals surface area contributed by atoms with E-state index in [9.17, 15) is 27.9 Å². The van der Waals surface area contributed by atoms with Gasteiger partial charge in [-0.15, -0.1) is 0 Å². The molecule has 0 spiro atoms. The summed E-state index contributed by atoms with van der Waals surface area (Å²) < 4.78 is 37.6. The van der Waals surface area contributed by atoms with Crippen LogP contribution in [0.3, 0.4) is 0 Å². The number of amides is 1. The number of nitrogens with zero attached hydrogens (tertiary/aromatic N) is 2. The predicted molar refractivity (Wildman–Crippen MR) is 106 cm³/mol. The lowest BCUT2D eigenvalue weighted by molar-refractivity contribution is -0.385. The van der Waals surface area contributed by atoms with Gasteiger partial charge in [0.2, 0.25) is 0 Å². The molecule has 0 bridgehead atoms. The third-order valence-electron chi connectivity index (χ3n) is 4.54. The average molecular weight is 427 g/mol. The first kappa shape index (κ1) is 22.8. The fourth-order valence-corrected chi connectivity index (χ4v) is 4.39. The van der Waals surface area contributed by atoms with Gasteiger partial charge in [0.1, 0.15) is 11.8 Å². The van der Waals surface area contributed by atoms with Crippen LogP contribution in [0, 0.1) is 22.0 Å². The van der Waals surface area contributed by atoms with E-state index in [0.29, 0.717) is 17.6 Å². The van der Waals surface area contributed by atoms with Crippen molar-refractivity contribution in [2.75, 3.05) is 5.75 Å². The molecule has 1 aromatic heterocycles. The molecule has 29 heavy (non-hydrogen) atoms. The lowest BCUT2D eigenvalue weighted by Crippen LogP contribution is -2.47. The fourth-order valence-electron chi connectivity index (χ4n) is 3.37. The number of allylic oxidation sites excluding steroid dienone is 1. The SMILES string of the molecule is CC1CC(c2ccncc2[N+](=O)[O-])=CC(NC(=O)OC(C)(C)C)C1CS(=O)(=O)O. The number of alkyl carbamates (subject to hydrolysis) is 1. The molecule has 1 heterocycles. The molecule has 1 aromatic rings. The summed E-state index contributed by atoms with van der Waals surface area (Å²) in [4.78, 5) is 26.9. The summed E-state index contributed by atoms with van der Waals surface area (Å²) in [6, 6.07) is 0.697. The number of aromatic nitrogens is 1. The summed E-state index contributed by atoms with van der Waals surface area (Å²) in [5.74, 6) is -1.50. The Bertz CT molecular complexity index is 922. The Morgan fingerprint density at radius 1 is 1.45 bits per heavy atom. The maximum Gasteiger partial charge on any atom is 0.408 e. The van der Waals surface area contributed by atoms with Gasteiger partial charge in [0, 0.05) is 12.1 Å². The van der Waals surface area contributed by atoms with Gasteiger partial charge in [0.05, 0.1) is 22.3 Å². The minimum Gasteiger partial charge on any atom is -0.444 e. The first-order chi connectivity index (χ1) is 13.3. The normalized spacial score (nSPS) is 22.5. The summed E-state index contributed by atoms with van der Waals surface area (Å²) in [5, 5.41) is 14.0. The van der Waals surface area contributed by atoms with Crippen LogP contribution in [0.4, 0.5) is 10.5 Å². The molecule has 1 aliphatic carbocycles. The summed E-state index contributed by atoms with van der Waals surface area (Å²) in [5.41, 5.74) is -0.0214. The quantitative estimate of drug-likeness (QED) is 0.414. The van der Waals surface area contributed by atoms with Crippen molar-refractivity contribution in [2.24, 2.45) is 11.8 Å². The second-order valence-electron chi connectivity index (χ2n) is 8.11. The molecule has 2 N–H and O–H groups in total. The van der Waals surface area contributed by atoms with Crippen LogP contribution in [-0.4, -0.2) is 46.4 Å². The molecule has 3 atom stereocenters. The maximum atomic E-state index is 12.3. The van der Waals surface area contributed by atoms with E-state index >= 15 is 0 Å². The number of carbonyl (C=O) groups excluding carboxylic acids is 1. The second kappa shape index (κ2) is 8.46.